The fourth-order valence-corrected chi connectivity index (χ4v) is 3.53. The second-order valence-corrected chi connectivity index (χ2v) is 6.67. The second kappa shape index (κ2) is 8.65. The van der Waals surface area contributed by atoms with Gasteiger partial charge in [0.2, 0.25) is 5.91 Å². The number of halogens is 1. The van der Waals surface area contributed by atoms with E-state index < -0.39 is 0 Å². The number of hydrogen-bond acceptors (Lipinski definition) is 1. The van der Waals surface area contributed by atoms with E-state index in [1.54, 1.807) is 0 Å². The van der Waals surface area contributed by atoms with E-state index in [0.717, 1.165) is 16.4 Å². The first kappa shape index (κ1) is 17.5. The number of alkyl halides is 1. The Bertz CT molecular complexity index is 405. The molecule has 3 heteroatoms. The van der Waals surface area contributed by atoms with Crippen LogP contribution in [0.15, 0.2) is 30.3 Å². The molecule has 0 saturated carbocycles. The number of nitrogens with one attached hydrogen (secondary N) is 1. The Morgan fingerprint density at radius 1 is 1.20 bits per heavy atom. The molecule has 0 radical (unpaired) electrons. The summed E-state index contributed by atoms with van der Waals surface area (Å²) in [7, 11) is 0. The monoisotopic (exact) mass is 387 g/mol. The molecule has 20 heavy (non-hydrogen) atoms. The van der Waals surface area contributed by atoms with Gasteiger partial charge in [0.1, 0.15) is 0 Å². The van der Waals surface area contributed by atoms with Crippen LogP contribution in [0.4, 0.5) is 0 Å². The number of rotatable bonds is 7. The predicted octanol–water partition coefficient (Wildman–Crippen LogP) is 4.39. The van der Waals surface area contributed by atoms with E-state index in [1.165, 1.54) is 0 Å². The van der Waals surface area contributed by atoms with Gasteiger partial charge >= 0.3 is 0 Å². The van der Waals surface area contributed by atoms with Gasteiger partial charge in [-0.15, -0.1) is 0 Å². The molecule has 2 nitrogen and oxygen atoms in total. The molecule has 0 aliphatic rings. The van der Waals surface area contributed by atoms with E-state index in [4.69, 9.17) is 0 Å². The molecule has 3 atom stereocenters. The molecule has 112 valence electrons. The third-order valence-corrected chi connectivity index (χ3v) is 4.90. The van der Waals surface area contributed by atoms with E-state index in [-0.39, 0.29) is 17.9 Å². The maximum atomic E-state index is 12.7. The van der Waals surface area contributed by atoms with Crippen LogP contribution in [0, 0.1) is 11.8 Å². The Balaban J connectivity index is 2.92. The average molecular weight is 387 g/mol. The van der Waals surface area contributed by atoms with Gasteiger partial charge in [-0.2, -0.15) is 0 Å². The highest BCUT2D eigenvalue weighted by molar-refractivity contribution is 14.1. The van der Waals surface area contributed by atoms with Crippen LogP contribution in [0.25, 0.3) is 0 Å². The van der Waals surface area contributed by atoms with Gasteiger partial charge in [-0.25, -0.2) is 0 Å². The number of hydrogen-bond donors (Lipinski definition) is 1. The molecule has 3 unspecified atom stereocenters. The summed E-state index contributed by atoms with van der Waals surface area (Å²) in [5.74, 6) is 0.926. The van der Waals surface area contributed by atoms with Crippen LogP contribution in [0.5, 0.6) is 0 Å². The molecule has 0 fully saturated rings. The van der Waals surface area contributed by atoms with E-state index in [9.17, 15) is 4.79 Å². The predicted molar refractivity (Wildman–Crippen MR) is 94.3 cm³/mol. The van der Waals surface area contributed by atoms with Crippen molar-refractivity contribution in [2.45, 2.75) is 46.1 Å². The topological polar surface area (TPSA) is 29.1 Å². The Hall–Kier alpha value is -0.580. The number of carbonyl (C=O) groups excluding carboxylic acids is 1. The zero-order valence-corrected chi connectivity index (χ0v) is 15.1. The standard InChI is InChI=1S/C17H26INO/c1-5-13(4)16(14-9-7-6-8-10-14)17(20)19-15(11-18)12(2)3/h6-10,12-13,15-16H,5,11H2,1-4H3,(H,19,20). The van der Waals surface area contributed by atoms with Crippen LogP contribution < -0.4 is 5.32 Å². The van der Waals surface area contributed by atoms with Crippen molar-refractivity contribution >= 4 is 28.5 Å². The lowest BCUT2D eigenvalue weighted by Gasteiger charge is -2.27. The van der Waals surface area contributed by atoms with Crippen molar-refractivity contribution < 1.29 is 4.79 Å². The summed E-state index contributed by atoms with van der Waals surface area (Å²) in [6, 6.07) is 10.4. The second-order valence-electron chi connectivity index (χ2n) is 5.79. The first-order chi connectivity index (χ1) is 9.51. The lowest BCUT2D eigenvalue weighted by atomic mass is 9.84. The maximum absolute atomic E-state index is 12.7. The highest BCUT2D eigenvalue weighted by Crippen LogP contribution is 2.27. The van der Waals surface area contributed by atoms with Crippen molar-refractivity contribution in [3.8, 4) is 0 Å². The number of amides is 1. The Kier molecular flexibility index (Phi) is 7.56. The average Bonchev–Trinajstić information content (AvgIpc) is 2.45. The summed E-state index contributed by atoms with van der Waals surface area (Å²) in [6.07, 6.45) is 1.00. The Morgan fingerprint density at radius 3 is 2.25 bits per heavy atom. The normalized spacial score (nSPS) is 15.7. The molecule has 1 aromatic carbocycles. The van der Waals surface area contributed by atoms with Crippen molar-refractivity contribution in [2.75, 3.05) is 4.43 Å². The zero-order valence-electron chi connectivity index (χ0n) is 12.9. The summed E-state index contributed by atoms with van der Waals surface area (Å²) in [6.45, 7) is 8.62. The summed E-state index contributed by atoms with van der Waals surface area (Å²) >= 11 is 2.35. The molecule has 1 rings (SSSR count). The van der Waals surface area contributed by atoms with Gasteiger partial charge in [0.25, 0.3) is 0 Å². The molecular weight excluding hydrogens is 361 g/mol. The highest BCUT2D eigenvalue weighted by Gasteiger charge is 2.27. The maximum Gasteiger partial charge on any atom is 0.228 e. The highest BCUT2D eigenvalue weighted by atomic mass is 127. The van der Waals surface area contributed by atoms with E-state index >= 15 is 0 Å². The van der Waals surface area contributed by atoms with Gasteiger partial charge in [0.15, 0.2) is 0 Å². The molecule has 1 amide bonds. The van der Waals surface area contributed by atoms with Crippen molar-refractivity contribution in [3.05, 3.63) is 35.9 Å². The minimum Gasteiger partial charge on any atom is -0.352 e. The largest absolute Gasteiger partial charge is 0.352 e. The summed E-state index contributed by atoms with van der Waals surface area (Å²) in [5, 5.41) is 3.23. The zero-order chi connectivity index (χ0) is 15.1. The van der Waals surface area contributed by atoms with Gasteiger partial charge in [0, 0.05) is 10.5 Å². The van der Waals surface area contributed by atoms with Gasteiger partial charge in [-0.05, 0) is 17.4 Å². The summed E-state index contributed by atoms with van der Waals surface area (Å²) < 4.78 is 0.948. The minimum atomic E-state index is -0.0506. The molecule has 0 spiro atoms. The smallest absolute Gasteiger partial charge is 0.228 e. The molecule has 1 aromatic rings. The van der Waals surface area contributed by atoms with Gasteiger partial charge < -0.3 is 5.32 Å². The van der Waals surface area contributed by atoms with E-state index in [2.05, 4.69) is 67.7 Å². The van der Waals surface area contributed by atoms with Crippen LogP contribution in [-0.2, 0) is 4.79 Å². The quantitative estimate of drug-likeness (QED) is 0.546. The summed E-state index contributed by atoms with van der Waals surface area (Å²) in [5.41, 5.74) is 1.12. The molecular formula is C17H26INO. The van der Waals surface area contributed by atoms with Crippen LogP contribution in [-0.4, -0.2) is 16.4 Å². The van der Waals surface area contributed by atoms with Gasteiger partial charge in [-0.3, -0.25) is 4.79 Å². The van der Waals surface area contributed by atoms with Crippen LogP contribution in [0.3, 0.4) is 0 Å². The molecule has 0 aliphatic carbocycles. The third kappa shape index (κ3) is 4.76. The van der Waals surface area contributed by atoms with E-state index in [0.29, 0.717) is 11.8 Å². The first-order valence-corrected chi connectivity index (χ1v) is 8.95. The first-order valence-electron chi connectivity index (χ1n) is 7.42. The lowest BCUT2D eigenvalue weighted by Crippen LogP contribution is -2.43. The fraction of sp³-hybridized carbons (Fsp3) is 0.588. The Morgan fingerprint density at radius 2 is 1.80 bits per heavy atom. The lowest BCUT2D eigenvalue weighted by molar-refractivity contribution is -0.124. The number of benzene rings is 1. The van der Waals surface area contributed by atoms with Crippen molar-refractivity contribution in [2.24, 2.45) is 11.8 Å². The molecule has 0 saturated heterocycles. The molecule has 0 bridgehead atoms. The van der Waals surface area contributed by atoms with Crippen molar-refractivity contribution in [1.82, 2.24) is 5.32 Å². The molecule has 0 heterocycles. The third-order valence-electron chi connectivity index (χ3n) is 3.95. The van der Waals surface area contributed by atoms with Crippen molar-refractivity contribution in [1.29, 1.82) is 0 Å². The van der Waals surface area contributed by atoms with Crippen LogP contribution in [0.2, 0.25) is 0 Å². The fourth-order valence-electron chi connectivity index (χ4n) is 2.29. The van der Waals surface area contributed by atoms with Crippen molar-refractivity contribution in [3.63, 3.8) is 0 Å². The van der Waals surface area contributed by atoms with Gasteiger partial charge in [-0.1, -0.05) is 87.0 Å². The summed E-state index contributed by atoms with van der Waals surface area (Å²) in [4.78, 5) is 12.7. The van der Waals surface area contributed by atoms with E-state index in [1.807, 2.05) is 18.2 Å². The number of carbonyl (C=O) groups is 1. The van der Waals surface area contributed by atoms with Crippen LogP contribution in [0.1, 0.15) is 45.6 Å². The molecule has 0 aromatic heterocycles. The Labute approximate surface area is 136 Å². The van der Waals surface area contributed by atoms with Gasteiger partial charge in [0.05, 0.1) is 5.92 Å². The molecule has 0 aliphatic heterocycles. The molecule has 1 N–H and O–H groups in total. The SMILES string of the molecule is CCC(C)C(C(=O)NC(CI)C(C)C)c1ccccc1. The van der Waals surface area contributed by atoms with Crippen LogP contribution >= 0.6 is 22.6 Å². The minimum absolute atomic E-state index is 0.0506.